The number of hydrogen-bond acceptors (Lipinski definition) is 2. The maximum atomic E-state index is 11.9. The van der Waals surface area contributed by atoms with Crippen LogP contribution in [0.15, 0.2) is 36.4 Å². The molecule has 0 unspecified atom stereocenters. The van der Waals surface area contributed by atoms with E-state index in [9.17, 15) is 4.79 Å². The van der Waals surface area contributed by atoms with Crippen LogP contribution in [0.1, 0.15) is 28.2 Å². The lowest BCUT2D eigenvalue weighted by molar-refractivity contribution is 0.0975. The van der Waals surface area contributed by atoms with Gasteiger partial charge in [0.15, 0.2) is 5.78 Å². The van der Waals surface area contributed by atoms with Gasteiger partial charge in [0.25, 0.3) is 0 Å². The van der Waals surface area contributed by atoms with Crippen molar-refractivity contribution in [3.63, 3.8) is 0 Å². The smallest absolute Gasteiger partial charge is 0.164 e. The van der Waals surface area contributed by atoms with Crippen LogP contribution in [0.4, 0.5) is 0 Å². The number of aryl methyl sites for hydroxylation is 3. The zero-order valence-electron chi connectivity index (χ0n) is 10.2. The Morgan fingerprint density at radius 1 is 1.24 bits per heavy atom. The molecule has 0 radical (unpaired) electrons. The number of aromatic nitrogens is 2. The van der Waals surface area contributed by atoms with Crippen molar-refractivity contribution in [1.82, 2.24) is 9.78 Å². The van der Waals surface area contributed by atoms with E-state index in [0.29, 0.717) is 13.0 Å². The Bertz CT molecular complexity index is 514. The van der Waals surface area contributed by atoms with Gasteiger partial charge in [0, 0.05) is 24.2 Å². The Kier molecular flexibility index (Phi) is 3.38. The molecule has 1 heterocycles. The molecule has 0 spiro atoms. The van der Waals surface area contributed by atoms with Crippen molar-refractivity contribution in [3.8, 4) is 0 Å². The number of Topliss-reactive ketones (excluding diaryl/α,β-unsaturated/α-hetero) is 1. The Labute approximate surface area is 101 Å². The molecule has 2 aromatic rings. The molecule has 1 aromatic carbocycles. The molecule has 88 valence electrons. The van der Waals surface area contributed by atoms with Crippen LogP contribution in [0, 0.1) is 13.8 Å². The minimum atomic E-state index is 0.165. The van der Waals surface area contributed by atoms with Gasteiger partial charge in [0.05, 0.1) is 5.69 Å². The lowest BCUT2D eigenvalue weighted by Gasteiger charge is -2.03. The summed E-state index contributed by atoms with van der Waals surface area (Å²) in [5, 5.41) is 4.34. The Hall–Kier alpha value is -1.90. The van der Waals surface area contributed by atoms with E-state index in [1.54, 1.807) is 0 Å². The summed E-state index contributed by atoms with van der Waals surface area (Å²) in [6.45, 7) is 4.61. The van der Waals surface area contributed by atoms with Crippen molar-refractivity contribution >= 4 is 5.78 Å². The summed E-state index contributed by atoms with van der Waals surface area (Å²) in [4.78, 5) is 11.9. The second-order valence-electron chi connectivity index (χ2n) is 4.19. The first-order valence-corrected chi connectivity index (χ1v) is 5.76. The van der Waals surface area contributed by atoms with Crippen molar-refractivity contribution in [2.45, 2.75) is 26.8 Å². The summed E-state index contributed by atoms with van der Waals surface area (Å²) in [5.74, 6) is 0.165. The third-order valence-corrected chi connectivity index (χ3v) is 2.75. The third-order valence-electron chi connectivity index (χ3n) is 2.75. The second kappa shape index (κ2) is 4.95. The van der Waals surface area contributed by atoms with Crippen molar-refractivity contribution in [3.05, 3.63) is 53.3 Å². The van der Waals surface area contributed by atoms with Gasteiger partial charge < -0.3 is 0 Å². The fraction of sp³-hybridized carbons (Fsp3) is 0.286. The molecule has 0 aliphatic heterocycles. The van der Waals surface area contributed by atoms with E-state index >= 15 is 0 Å². The molecular formula is C14H16N2O. The number of hydrogen-bond donors (Lipinski definition) is 0. The summed E-state index contributed by atoms with van der Waals surface area (Å²) in [6, 6.07) is 11.4. The quantitative estimate of drug-likeness (QED) is 0.754. The van der Waals surface area contributed by atoms with E-state index in [1.807, 2.05) is 54.9 Å². The molecule has 0 saturated carbocycles. The van der Waals surface area contributed by atoms with Crippen LogP contribution in [0.2, 0.25) is 0 Å². The van der Waals surface area contributed by atoms with Crippen molar-refractivity contribution < 1.29 is 4.79 Å². The highest BCUT2D eigenvalue weighted by atomic mass is 16.1. The van der Waals surface area contributed by atoms with E-state index in [0.717, 1.165) is 17.0 Å². The number of carbonyl (C=O) groups excluding carboxylic acids is 1. The van der Waals surface area contributed by atoms with E-state index in [1.165, 1.54) is 0 Å². The molecule has 17 heavy (non-hydrogen) atoms. The molecule has 0 bridgehead atoms. The first-order valence-electron chi connectivity index (χ1n) is 5.76. The molecule has 0 saturated heterocycles. The monoisotopic (exact) mass is 228 g/mol. The summed E-state index contributed by atoms with van der Waals surface area (Å²) in [7, 11) is 0. The predicted octanol–water partition coefficient (Wildman–Crippen LogP) is 2.77. The molecule has 0 atom stereocenters. The SMILES string of the molecule is Cc1cc(C)n(CCC(=O)c2ccccc2)n1. The standard InChI is InChI=1S/C14H16N2O/c1-11-10-12(2)16(15-11)9-8-14(17)13-6-4-3-5-7-13/h3-7,10H,8-9H2,1-2H3. The highest BCUT2D eigenvalue weighted by Gasteiger charge is 2.07. The number of carbonyl (C=O) groups is 1. The van der Waals surface area contributed by atoms with Gasteiger partial charge in [-0.1, -0.05) is 30.3 Å². The average Bonchev–Trinajstić information content (AvgIpc) is 2.66. The van der Waals surface area contributed by atoms with Crippen molar-refractivity contribution in [2.75, 3.05) is 0 Å². The molecular weight excluding hydrogens is 212 g/mol. The van der Waals surface area contributed by atoms with Crippen LogP contribution < -0.4 is 0 Å². The lowest BCUT2D eigenvalue weighted by Crippen LogP contribution is -2.08. The van der Waals surface area contributed by atoms with E-state index in [-0.39, 0.29) is 5.78 Å². The largest absolute Gasteiger partial charge is 0.294 e. The number of benzene rings is 1. The second-order valence-corrected chi connectivity index (χ2v) is 4.19. The minimum Gasteiger partial charge on any atom is -0.294 e. The molecule has 0 amide bonds. The molecule has 0 aliphatic carbocycles. The average molecular weight is 228 g/mol. The molecule has 0 fully saturated rings. The molecule has 3 heteroatoms. The van der Waals surface area contributed by atoms with Gasteiger partial charge >= 0.3 is 0 Å². The molecule has 1 aromatic heterocycles. The normalized spacial score (nSPS) is 10.5. The van der Waals surface area contributed by atoms with Crippen LogP contribution >= 0.6 is 0 Å². The molecule has 3 nitrogen and oxygen atoms in total. The van der Waals surface area contributed by atoms with E-state index in [4.69, 9.17) is 0 Å². The molecule has 0 aliphatic rings. The molecule has 0 N–H and O–H groups in total. The van der Waals surface area contributed by atoms with E-state index < -0.39 is 0 Å². The van der Waals surface area contributed by atoms with Gasteiger partial charge in [-0.3, -0.25) is 9.48 Å². The van der Waals surface area contributed by atoms with Gasteiger partial charge in [0.1, 0.15) is 0 Å². The maximum absolute atomic E-state index is 11.9. The third kappa shape index (κ3) is 2.81. The number of ketones is 1. The lowest BCUT2D eigenvalue weighted by atomic mass is 10.1. The van der Waals surface area contributed by atoms with Crippen LogP contribution in [0.5, 0.6) is 0 Å². The first kappa shape index (κ1) is 11.6. The number of rotatable bonds is 4. The van der Waals surface area contributed by atoms with Gasteiger partial charge in [-0.25, -0.2) is 0 Å². The Morgan fingerprint density at radius 2 is 1.94 bits per heavy atom. The maximum Gasteiger partial charge on any atom is 0.164 e. The Balaban J connectivity index is 1.99. The highest BCUT2D eigenvalue weighted by molar-refractivity contribution is 5.95. The summed E-state index contributed by atoms with van der Waals surface area (Å²) in [6.07, 6.45) is 0.492. The van der Waals surface area contributed by atoms with E-state index in [2.05, 4.69) is 5.10 Å². The zero-order valence-corrected chi connectivity index (χ0v) is 10.2. The van der Waals surface area contributed by atoms with Gasteiger partial charge in [-0.15, -0.1) is 0 Å². The fourth-order valence-electron chi connectivity index (χ4n) is 1.88. The highest BCUT2D eigenvalue weighted by Crippen LogP contribution is 2.07. The number of nitrogens with zero attached hydrogens (tertiary/aromatic N) is 2. The fourth-order valence-corrected chi connectivity index (χ4v) is 1.88. The summed E-state index contributed by atoms with van der Waals surface area (Å²) >= 11 is 0. The molecule has 2 rings (SSSR count). The zero-order chi connectivity index (χ0) is 12.3. The topological polar surface area (TPSA) is 34.9 Å². The minimum absolute atomic E-state index is 0.165. The summed E-state index contributed by atoms with van der Waals surface area (Å²) in [5.41, 5.74) is 2.87. The first-order chi connectivity index (χ1) is 8.16. The Morgan fingerprint density at radius 3 is 2.53 bits per heavy atom. The van der Waals surface area contributed by atoms with Gasteiger partial charge in [-0.2, -0.15) is 5.10 Å². The van der Waals surface area contributed by atoms with Crippen LogP contribution in [-0.4, -0.2) is 15.6 Å². The van der Waals surface area contributed by atoms with Gasteiger partial charge in [0.2, 0.25) is 0 Å². The van der Waals surface area contributed by atoms with Crippen molar-refractivity contribution in [2.24, 2.45) is 0 Å². The summed E-state index contributed by atoms with van der Waals surface area (Å²) < 4.78 is 1.89. The van der Waals surface area contributed by atoms with Gasteiger partial charge in [-0.05, 0) is 19.9 Å². The van der Waals surface area contributed by atoms with Crippen molar-refractivity contribution in [1.29, 1.82) is 0 Å². The van der Waals surface area contributed by atoms with Crippen LogP contribution in [0.25, 0.3) is 0 Å². The van der Waals surface area contributed by atoms with Crippen LogP contribution in [0.3, 0.4) is 0 Å². The predicted molar refractivity (Wildman–Crippen MR) is 67.1 cm³/mol. The van der Waals surface area contributed by atoms with Crippen LogP contribution in [-0.2, 0) is 6.54 Å².